The van der Waals surface area contributed by atoms with Gasteiger partial charge in [0.25, 0.3) is 0 Å². The van der Waals surface area contributed by atoms with Crippen molar-refractivity contribution in [2.45, 2.75) is 25.6 Å². The van der Waals surface area contributed by atoms with Gasteiger partial charge in [-0.25, -0.2) is 4.98 Å². The van der Waals surface area contributed by atoms with Crippen molar-refractivity contribution in [1.29, 1.82) is 0 Å². The number of hydrogen-bond donors (Lipinski definition) is 1. The molecule has 0 saturated carbocycles. The molecule has 2 rings (SSSR count). The van der Waals surface area contributed by atoms with E-state index in [1.807, 2.05) is 24.2 Å². The van der Waals surface area contributed by atoms with Gasteiger partial charge in [0, 0.05) is 10.1 Å². The highest BCUT2D eigenvalue weighted by Crippen LogP contribution is 2.19. The Hall–Kier alpha value is -0.550. The number of hydrogen-bond acceptors (Lipinski definition) is 5. The minimum atomic E-state index is 0.625. The zero-order valence-electron chi connectivity index (χ0n) is 8.28. The molecule has 1 aliphatic heterocycles. The van der Waals surface area contributed by atoms with Crippen molar-refractivity contribution >= 4 is 28.3 Å². The first-order valence-corrected chi connectivity index (χ1v) is 6.35. The van der Waals surface area contributed by atoms with Gasteiger partial charge in [0.2, 0.25) is 0 Å². The molecule has 1 aliphatic rings. The van der Waals surface area contributed by atoms with Gasteiger partial charge in [-0.2, -0.15) is 0 Å². The molecule has 76 valence electrons. The summed E-state index contributed by atoms with van der Waals surface area (Å²) in [5, 5.41) is 5.04. The van der Waals surface area contributed by atoms with E-state index in [2.05, 4.69) is 22.2 Å². The Labute approximate surface area is 92.0 Å². The van der Waals surface area contributed by atoms with Gasteiger partial charge in [-0.3, -0.25) is 4.99 Å². The Morgan fingerprint density at radius 3 is 3.07 bits per heavy atom. The number of nitrogens with zero attached hydrogens (tertiary/aromatic N) is 2. The van der Waals surface area contributed by atoms with Crippen molar-refractivity contribution < 1.29 is 0 Å². The minimum absolute atomic E-state index is 0.625. The van der Waals surface area contributed by atoms with Gasteiger partial charge in [0.15, 0.2) is 5.17 Å². The molecule has 0 saturated heterocycles. The van der Waals surface area contributed by atoms with Gasteiger partial charge in [-0.05, 0) is 6.92 Å². The van der Waals surface area contributed by atoms with Crippen LogP contribution in [0.15, 0.2) is 10.5 Å². The largest absolute Gasteiger partial charge is 0.360 e. The zero-order chi connectivity index (χ0) is 9.97. The molecule has 1 aromatic heterocycles. The van der Waals surface area contributed by atoms with Crippen LogP contribution < -0.4 is 5.32 Å². The molecule has 0 aromatic carbocycles. The summed E-state index contributed by atoms with van der Waals surface area (Å²) in [4.78, 5) is 9.91. The summed E-state index contributed by atoms with van der Waals surface area (Å²) in [6.45, 7) is 6.03. The number of thiazole rings is 1. The molecule has 0 aliphatic carbocycles. The highest BCUT2D eigenvalue weighted by molar-refractivity contribution is 8.14. The molecular weight excluding hydrogens is 214 g/mol. The van der Waals surface area contributed by atoms with E-state index in [1.165, 1.54) is 4.88 Å². The van der Waals surface area contributed by atoms with Gasteiger partial charge >= 0.3 is 0 Å². The van der Waals surface area contributed by atoms with Gasteiger partial charge in [-0.15, -0.1) is 11.3 Å². The maximum Gasteiger partial charge on any atom is 0.157 e. The first-order valence-electron chi connectivity index (χ1n) is 4.59. The van der Waals surface area contributed by atoms with E-state index >= 15 is 0 Å². The Balaban J connectivity index is 1.86. The van der Waals surface area contributed by atoms with Crippen molar-refractivity contribution in [1.82, 2.24) is 10.3 Å². The number of amidine groups is 1. The van der Waals surface area contributed by atoms with Crippen molar-refractivity contribution in [3.8, 4) is 0 Å². The molecule has 1 aromatic rings. The van der Waals surface area contributed by atoms with Crippen molar-refractivity contribution in [3.05, 3.63) is 16.1 Å². The van der Waals surface area contributed by atoms with E-state index in [-0.39, 0.29) is 0 Å². The van der Waals surface area contributed by atoms with Crippen molar-refractivity contribution in [2.24, 2.45) is 4.99 Å². The molecule has 14 heavy (non-hydrogen) atoms. The third-order valence-electron chi connectivity index (χ3n) is 2.05. The van der Waals surface area contributed by atoms with Crippen molar-refractivity contribution in [2.75, 3.05) is 6.54 Å². The van der Waals surface area contributed by atoms with E-state index in [0.29, 0.717) is 5.25 Å². The van der Waals surface area contributed by atoms with Crippen LogP contribution in [0.4, 0.5) is 0 Å². The van der Waals surface area contributed by atoms with E-state index in [0.717, 1.165) is 24.0 Å². The summed E-state index contributed by atoms with van der Waals surface area (Å²) in [5.74, 6) is 0. The normalized spacial score (nSPS) is 21.0. The zero-order valence-corrected chi connectivity index (χ0v) is 9.91. The lowest BCUT2D eigenvalue weighted by Crippen LogP contribution is -2.18. The molecule has 0 amide bonds. The van der Waals surface area contributed by atoms with Crippen LogP contribution >= 0.6 is 23.1 Å². The molecule has 0 fully saturated rings. The molecule has 0 spiro atoms. The molecule has 1 N–H and O–H groups in total. The average Bonchev–Trinajstić information content (AvgIpc) is 2.72. The van der Waals surface area contributed by atoms with E-state index in [1.54, 1.807) is 11.3 Å². The lowest BCUT2D eigenvalue weighted by Gasteiger charge is -2.04. The summed E-state index contributed by atoms with van der Waals surface area (Å²) in [7, 11) is 0. The number of aliphatic imine (C=N–C) groups is 1. The molecule has 2 heterocycles. The molecular formula is C9H13N3S2. The lowest BCUT2D eigenvalue weighted by atomic mass is 10.4. The van der Waals surface area contributed by atoms with Crippen LogP contribution in [0.1, 0.15) is 17.5 Å². The van der Waals surface area contributed by atoms with Crippen LogP contribution in [0.3, 0.4) is 0 Å². The van der Waals surface area contributed by atoms with Gasteiger partial charge in [0.1, 0.15) is 0 Å². The summed E-state index contributed by atoms with van der Waals surface area (Å²) in [6, 6.07) is 0. The van der Waals surface area contributed by atoms with Crippen LogP contribution in [-0.4, -0.2) is 21.9 Å². The number of nitrogens with one attached hydrogen (secondary N) is 1. The maximum absolute atomic E-state index is 4.40. The molecule has 3 nitrogen and oxygen atoms in total. The van der Waals surface area contributed by atoms with Crippen LogP contribution in [-0.2, 0) is 6.54 Å². The third-order valence-corrected chi connectivity index (χ3v) is 4.03. The quantitative estimate of drug-likeness (QED) is 0.840. The number of rotatable bonds is 2. The smallest absolute Gasteiger partial charge is 0.157 e. The fraction of sp³-hybridized carbons (Fsp3) is 0.556. The Morgan fingerprint density at radius 2 is 2.50 bits per heavy atom. The van der Waals surface area contributed by atoms with Crippen LogP contribution in [0.2, 0.25) is 0 Å². The second-order valence-electron chi connectivity index (χ2n) is 3.29. The van der Waals surface area contributed by atoms with E-state index in [9.17, 15) is 0 Å². The standard InChI is InChI=1S/C9H13N3S2/c1-6-3-10-9(14-6)11-4-8-7(2)12-5-13-8/h5-6H,3-4H2,1-2H3,(H,10,11). The lowest BCUT2D eigenvalue weighted by molar-refractivity contribution is 0.916. The Bertz CT molecular complexity index is 346. The van der Waals surface area contributed by atoms with Crippen molar-refractivity contribution in [3.63, 3.8) is 0 Å². The van der Waals surface area contributed by atoms with Gasteiger partial charge < -0.3 is 5.32 Å². The molecule has 5 heteroatoms. The summed E-state index contributed by atoms with van der Waals surface area (Å²) in [5.41, 5.74) is 3.01. The predicted molar refractivity (Wildman–Crippen MR) is 63.0 cm³/mol. The monoisotopic (exact) mass is 227 g/mol. The summed E-state index contributed by atoms with van der Waals surface area (Å²) < 4.78 is 0. The third kappa shape index (κ3) is 2.27. The second-order valence-corrected chi connectivity index (χ2v) is 5.66. The second kappa shape index (κ2) is 4.31. The highest BCUT2D eigenvalue weighted by atomic mass is 32.2. The summed E-state index contributed by atoms with van der Waals surface area (Å²) in [6.07, 6.45) is 0. The van der Waals surface area contributed by atoms with E-state index in [4.69, 9.17) is 0 Å². The summed E-state index contributed by atoms with van der Waals surface area (Å²) >= 11 is 3.51. The van der Waals surface area contributed by atoms with Crippen LogP contribution in [0.5, 0.6) is 0 Å². The predicted octanol–water partition coefficient (Wildman–Crippen LogP) is 2.03. The molecule has 0 radical (unpaired) electrons. The van der Waals surface area contributed by atoms with Gasteiger partial charge in [-0.1, -0.05) is 18.7 Å². The first kappa shape index (κ1) is 9.98. The van der Waals surface area contributed by atoms with E-state index < -0.39 is 0 Å². The topological polar surface area (TPSA) is 37.3 Å². The Morgan fingerprint density at radius 1 is 1.64 bits per heavy atom. The molecule has 0 bridgehead atoms. The van der Waals surface area contributed by atoms with Crippen LogP contribution in [0, 0.1) is 6.92 Å². The molecule has 1 atom stereocenters. The first-order chi connectivity index (χ1) is 6.75. The number of thioether (sulfide) groups is 1. The van der Waals surface area contributed by atoms with Gasteiger partial charge in [0.05, 0.1) is 24.3 Å². The van der Waals surface area contributed by atoms with Crippen LogP contribution in [0.25, 0.3) is 0 Å². The Kier molecular flexibility index (Phi) is 3.08. The number of aromatic nitrogens is 1. The fourth-order valence-electron chi connectivity index (χ4n) is 1.23. The highest BCUT2D eigenvalue weighted by Gasteiger charge is 2.14. The SMILES string of the molecule is Cc1ncsc1CNC1=NCC(C)S1. The molecule has 1 unspecified atom stereocenters. The fourth-order valence-corrected chi connectivity index (χ4v) is 2.78. The maximum atomic E-state index is 4.40. The average molecular weight is 227 g/mol. The minimum Gasteiger partial charge on any atom is -0.360 e. The number of aryl methyl sites for hydroxylation is 1.